The molecule has 3 aromatic rings. The first-order chi connectivity index (χ1) is 28.6. The number of rotatable bonds is 8. The Hall–Kier alpha value is -5.03. The number of carbonyl (C=O) groups excluding carboxylic acids is 3. The highest BCUT2D eigenvalue weighted by Gasteiger charge is 2.46. The van der Waals surface area contributed by atoms with E-state index in [2.05, 4.69) is 17.2 Å². The van der Waals surface area contributed by atoms with Crippen LogP contribution >= 0.6 is 0 Å². The molecule has 3 heterocycles. The zero-order valence-corrected chi connectivity index (χ0v) is 34.4. The van der Waals surface area contributed by atoms with Gasteiger partial charge in [0.1, 0.15) is 29.0 Å². The van der Waals surface area contributed by atoms with Crippen LogP contribution in [0.5, 0.6) is 11.5 Å². The third kappa shape index (κ3) is 9.94. The number of benzene rings is 3. The Morgan fingerprint density at radius 2 is 1.75 bits per heavy atom. The zero-order chi connectivity index (χ0) is 42.8. The summed E-state index contributed by atoms with van der Waals surface area (Å²) < 4.78 is 17.1. The van der Waals surface area contributed by atoms with Gasteiger partial charge in [0.25, 0.3) is 0 Å². The van der Waals surface area contributed by atoms with E-state index in [-0.39, 0.29) is 74.0 Å². The number of hydrogen-bond donors (Lipinski definition) is 6. The third-order valence-corrected chi connectivity index (χ3v) is 12.6. The molecule has 12 heteroatoms. The molecule has 12 nitrogen and oxygen atoms in total. The van der Waals surface area contributed by atoms with Crippen LogP contribution in [-0.2, 0) is 49.7 Å². The number of ether oxygens (including phenoxy) is 3. The van der Waals surface area contributed by atoms with Gasteiger partial charge in [0.05, 0.1) is 30.7 Å². The fourth-order valence-electron chi connectivity index (χ4n) is 9.01. The van der Waals surface area contributed by atoms with Crippen molar-refractivity contribution in [2.45, 2.75) is 113 Å². The zero-order valence-electron chi connectivity index (χ0n) is 34.4. The molecule has 8 atom stereocenters. The number of hydrogen-bond acceptors (Lipinski definition) is 12. The van der Waals surface area contributed by atoms with Gasteiger partial charge in [-0.05, 0) is 97.5 Å². The number of methoxy groups -OCH3 is 1. The van der Waals surface area contributed by atoms with Gasteiger partial charge < -0.3 is 45.1 Å². The SMILES string of the molecule is COCCC(C)(O)CNc1cc(CO)cc(C2C#CC3CC(=O)Oc4cc(O)c(cc43)CC3OC(=O)C(=CC(O)Cc4cccc(c4)CC4CC(CCC4=O)C3(C)O)C2)c1. The lowest BCUT2D eigenvalue weighted by atomic mass is 9.68. The van der Waals surface area contributed by atoms with E-state index in [1.165, 1.54) is 12.1 Å². The van der Waals surface area contributed by atoms with E-state index in [4.69, 9.17) is 14.2 Å². The van der Waals surface area contributed by atoms with Crippen molar-refractivity contribution in [3.05, 3.63) is 99.6 Å². The average molecular weight is 822 g/mol. The monoisotopic (exact) mass is 821 g/mol. The van der Waals surface area contributed by atoms with Gasteiger partial charge in [0, 0.05) is 80.7 Å². The minimum atomic E-state index is -1.68. The largest absolute Gasteiger partial charge is 0.508 e. The standard InChI is InChI=1S/C48H55NO11/c1-47(56,11-12-58-3)27-49-38-16-30(26-50)15-33(20-38)31-7-8-32-24-45(54)59-43-25-42(53)35(22-40(32)43)23-44-48(2,57)37-9-10-41(52)34(19-37)14-28-5-4-6-29(13-28)17-39(51)21-36(18-31)46(55)60-44/h4-6,13,15-16,20-22,25,31-32,34,37,39,44,49-51,53,56-57H,9-12,14,17-19,23-24,26-27H2,1-3H3. The van der Waals surface area contributed by atoms with Crippen molar-refractivity contribution in [3.63, 3.8) is 0 Å². The van der Waals surface area contributed by atoms with Gasteiger partial charge in [0.15, 0.2) is 0 Å². The maximum Gasteiger partial charge on any atom is 0.334 e. The fourth-order valence-corrected chi connectivity index (χ4v) is 9.01. The van der Waals surface area contributed by atoms with Crippen LogP contribution in [0.2, 0.25) is 0 Å². The minimum Gasteiger partial charge on any atom is -0.508 e. The smallest absolute Gasteiger partial charge is 0.334 e. The van der Waals surface area contributed by atoms with Crippen LogP contribution in [0.3, 0.4) is 0 Å². The fraction of sp³-hybridized carbons (Fsp3) is 0.479. The molecule has 0 aromatic heterocycles. The molecule has 0 radical (unpaired) electrons. The first kappa shape index (κ1) is 43.1. The van der Waals surface area contributed by atoms with Gasteiger partial charge in [-0.3, -0.25) is 9.59 Å². The molecule has 1 fully saturated rings. The van der Waals surface area contributed by atoms with Crippen LogP contribution in [0.4, 0.5) is 5.69 Å². The van der Waals surface area contributed by atoms with E-state index in [9.17, 15) is 39.9 Å². The van der Waals surface area contributed by atoms with Gasteiger partial charge in [0.2, 0.25) is 0 Å². The van der Waals surface area contributed by atoms with E-state index in [1.807, 2.05) is 30.3 Å². The van der Waals surface area contributed by atoms with Crippen LogP contribution in [-0.4, -0.2) is 86.9 Å². The Balaban J connectivity index is 1.38. The van der Waals surface area contributed by atoms with Crippen LogP contribution in [0, 0.1) is 23.7 Å². The Morgan fingerprint density at radius 1 is 0.983 bits per heavy atom. The normalized spacial score (nSPS) is 27.8. The number of anilines is 1. The summed E-state index contributed by atoms with van der Waals surface area (Å²) in [5.74, 6) is 3.09. The number of carbonyl (C=O) groups is 3. The first-order valence-corrected chi connectivity index (χ1v) is 20.8. The van der Waals surface area contributed by atoms with Gasteiger partial charge in [-0.2, -0.15) is 0 Å². The van der Waals surface area contributed by atoms with Crippen molar-refractivity contribution >= 4 is 23.4 Å². The molecule has 7 rings (SSSR count). The highest BCUT2D eigenvalue weighted by Crippen LogP contribution is 2.43. The van der Waals surface area contributed by atoms with E-state index >= 15 is 0 Å². The maximum atomic E-state index is 14.7. The highest BCUT2D eigenvalue weighted by atomic mass is 16.6. The third-order valence-electron chi connectivity index (χ3n) is 12.6. The minimum absolute atomic E-state index is 0.0649. The van der Waals surface area contributed by atoms with E-state index < -0.39 is 53.1 Å². The van der Waals surface area contributed by atoms with Crippen LogP contribution in [0.15, 0.2) is 66.2 Å². The van der Waals surface area contributed by atoms with E-state index in [0.717, 1.165) is 11.1 Å². The molecule has 8 unspecified atom stereocenters. The number of fused-ring (bicyclic) bond motifs is 8. The molecule has 4 aliphatic rings. The molecule has 8 bridgehead atoms. The van der Waals surface area contributed by atoms with Crippen LogP contribution < -0.4 is 10.1 Å². The highest BCUT2D eigenvalue weighted by molar-refractivity contribution is 5.89. The van der Waals surface area contributed by atoms with E-state index in [1.54, 1.807) is 39.2 Å². The summed E-state index contributed by atoms with van der Waals surface area (Å²) in [6.45, 7) is 3.52. The number of phenolic OH excluding ortho intramolecular Hbond substituents is 1. The molecule has 318 valence electrons. The van der Waals surface area contributed by atoms with Gasteiger partial charge >= 0.3 is 11.9 Å². The molecule has 0 spiro atoms. The van der Waals surface area contributed by atoms with Gasteiger partial charge in [-0.1, -0.05) is 42.2 Å². The Labute approximate surface area is 350 Å². The summed E-state index contributed by atoms with van der Waals surface area (Å²) in [6, 6.07) is 16.1. The van der Waals surface area contributed by atoms with Crippen molar-refractivity contribution in [1.29, 1.82) is 0 Å². The topological polar surface area (TPSA) is 192 Å². The van der Waals surface area contributed by atoms with Gasteiger partial charge in [-0.15, -0.1) is 0 Å². The number of Topliss-reactive ketones (excluding diaryl/α,β-unsaturated/α-hetero) is 1. The van der Waals surface area contributed by atoms with Crippen molar-refractivity contribution in [3.8, 4) is 23.3 Å². The van der Waals surface area contributed by atoms with Crippen molar-refractivity contribution < 1.29 is 54.1 Å². The molecule has 3 aliphatic heterocycles. The number of aromatic hydroxyl groups is 1. The lowest BCUT2D eigenvalue weighted by Gasteiger charge is -2.42. The maximum absolute atomic E-state index is 14.7. The summed E-state index contributed by atoms with van der Waals surface area (Å²) in [4.78, 5) is 41.0. The number of aliphatic hydroxyl groups excluding tert-OH is 2. The Kier molecular flexibility index (Phi) is 12.9. The average Bonchev–Trinajstić information content (AvgIpc) is 3.21. The molecular weight excluding hydrogens is 767 g/mol. The summed E-state index contributed by atoms with van der Waals surface area (Å²) >= 11 is 0. The quantitative estimate of drug-likeness (QED) is 0.102. The molecular formula is C48H55NO11. The summed E-state index contributed by atoms with van der Waals surface area (Å²) in [7, 11) is 1.56. The number of phenols is 1. The predicted octanol–water partition coefficient (Wildman–Crippen LogP) is 4.94. The molecule has 1 saturated carbocycles. The second-order valence-corrected chi connectivity index (χ2v) is 17.5. The number of esters is 2. The lowest BCUT2D eigenvalue weighted by Crippen LogP contribution is -2.52. The number of ketones is 1. The van der Waals surface area contributed by atoms with Crippen molar-refractivity contribution in [2.24, 2.45) is 11.8 Å². The summed E-state index contributed by atoms with van der Waals surface area (Å²) in [5.41, 5.74) is 1.69. The molecule has 3 aromatic carbocycles. The molecule has 0 amide bonds. The second-order valence-electron chi connectivity index (χ2n) is 17.5. The molecule has 6 N–H and O–H groups in total. The van der Waals surface area contributed by atoms with Crippen molar-refractivity contribution in [2.75, 3.05) is 25.6 Å². The van der Waals surface area contributed by atoms with Crippen LogP contribution in [0.1, 0.15) is 97.6 Å². The lowest BCUT2D eigenvalue weighted by molar-refractivity contribution is -0.170. The number of nitrogens with one attached hydrogen (secondary N) is 1. The molecule has 0 saturated heterocycles. The second kappa shape index (κ2) is 17.9. The number of aliphatic hydroxyl groups is 4. The molecule has 60 heavy (non-hydrogen) atoms. The Bertz CT molecular complexity index is 2210. The van der Waals surface area contributed by atoms with Crippen molar-refractivity contribution in [1.82, 2.24) is 0 Å². The molecule has 1 aliphatic carbocycles. The van der Waals surface area contributed by atoms with E-state index in [0.29, 0.717) is 60.2 Å². The first-order valence-electron chi connectivity index (χ1n) is 20.8. The Morgan fingerprint density at radius 3 is 2.52 bits per heavy atom. The predicted molar refractivity (Wildman–Crippen MR) is 222 cm³/mol. The summed E-state index contributed by atoms with van der Waals surface area (Å²) in [5, 5.41) is 60.2. The summed E-state index contributed by atoms with van der Waals surface area (Å²) in [6.07, 6.45) is 0.823. The van der Waals surface area contributed by atoms with Crippen LogP contribution in [0.25, 0.3) is 0 Å². The van der Waals surface area contributed by atoms with Gasteiger partial charge in [-0.25, -0.2) is 4.79 Å².